The molecule has 1 aliphatic rings. The number of hydrogen-bond donors (Lipinski definition) is 0. The van der Waals surface area contributed by atoms with Crippen molar-refractivity contribution in [3.63, 3.8) is 0 Å². The maximum atomic E-state index is 14.4. The lowest BCUT2D eigenvalue weighted by Crippen LogP contribution is -2.41. The number of carbonyl (C=O) groups is 1. The lowest BCUT2D eigenvalue weighted by Gasteiger charge is -2.26. The zero-order chi connectivity index (χ0) is 31.2. The summed E-state index contributed by atoms with van der Waals surface area (Å²) in [5, 5.41) is 1.21. The van der Waals surface area contributed by atoms with E-state index in [-0.39, 0.29) is 21.5 Å². The Labute approximate surface area is 266 Å². The summed E-state index contributed by atoms with van der Waals surface area (Å²) in [5.74, 6) is -1.20. The Morgan fingerprint density at radius 2 is 1.80 bits per heavy atom. The molecule has 1 atom stereocenters. The summed E-state index contributed by atoms with van der Waals surface area (Å²) in [6.45, 7) is 1.90. The number of hydrogen-bond acceptors (Lipinski definition) is 5. The van der Waals surface area contributed by atoms with E-state index in [1.807, 2.05) is 54.7 Å². The second-order valence-electron chi connectivity index (χ2n) is 9.97. The lowest BCUT2D eigenvalue weighted by molar-refractivity contribution is -0.140. The van der Waals surface area contributed by atoms with E-state index in [0.29, 0.717) is 17.1 Å². The SMILES string of the molecule is CCOC(=O)C1=C(C(F)(F)F)N=c2s/c(=C\c3cn(Cc4ccc(Br)cc4)c4ccccc34)c(=O)n2[C@H]1c1ccc(Cl)cc1. The van der Waals surface area contributed by atoms with Gasteiger partial charge >= 0.3 is 12.1 Å². The quantitative estimate of drug-likeness (QED) is 0.184. The van der Waals surface area contributed by atoms with Crippen molar-refractivity contribution in [2.45, 2.75) is 25.7 Å². The van der Waals surface area contributed by atoms with Crippen LogP contribution in [0, 0.1) is 0 Å². The minimum absolute atomic E-state index is 0.157. The van der Waals surface area contributed by atoms with E-state index in [4.69, 9.17) is 16.3 Å². The first-order valence-corrected chi connectivity index (χ1v) is 15.4. The first-order chi connectivity index (χ1) is 21.0. The summed E-state index contributed by atoms with van der Waals surface area (Å²) < 4.78 is 52.5. The van der Waals surface area contributed by atoms with E-state index in [9.17, 15) is 22.8 Å². The first-order valence-electron chi connectivity index (χ1n) is 13.4. The maximum absolute atomic E-state index is 14.4. The Morgan fingerprint density at radius 1 is 1.09 bits per heavy atom. The van der Waals surface area contributed by atoms with Crippen LogP contribution in [0.3, 0.4) is 0 Å². The minimum Gasteiger partial charge on any atom is -0.463 e. The molecule has 6 rings (SSSR count). The predicted molar refractivity (Wildman–Crippen MR) is 167 cm³/mol. The van der Waals surface area contributed by atoms with Crippen LogP contribution in [0.5, 0.6) is 0 Å². The van der Waals surface area contributed by atoms with Crippen LogP contribution in [0.4, 0.5) is 13.2 Å². The van der Waals surface area contributed by atoms with E-state index in [0.717, 1.165) is 36.8 Å². The highest BCUT2D eigenvalue weighted by atomic mass is 79.9. The third-order valence-electron chi connectivity index (χ3n) is 7.15. The number of benzene rings is 3. The summed E-state index contributed by atoms with van der Waals surface area (Å²) >= 11 is 10.3. The molecule has 0 unspecified atom stereocenters. The van der Waals surface area contributed by atoms with Crippen molar-refractivity contribution in [2.75, 3.05) is 6.61 Å². The van der Waals surface area contributed by atoms with Crippen LogP contribution in [0.15, 0.2) is 105 Å². The Kier molecular flexibility index (Phi) is 8.12. The zero-order valence-corrected chi connectivity index (χ0v) is 26.1. The molecular formula is C32H22BrClF3N3O3S. The van der Waals surface area contributed by atoms with Gasteiger partial charge in [-0.2, -0.15) is 13.2 Å². The zero-order valence-electron chi connectivity index (χ0n) is 22.9. The summed E-state index contributed by atoms with van der Waals surface area (Å²) in [6.07, 6.45) is -1.42. The molecule has 0 bridgehead atoms. The fourth-order valence-electron chi connectivity index (χ4n) is 5.25. The van der Waals surface area contributed by atoms with Gasteiger partial charge in [0.05, 0.1) is 22.8 Å². The lowest BCUT2D eigenvalue weighted by atomic mass is 9.95. The van der Waals surface area contributed by atoms with Crippen LogP contribution in [-0.2, 0) is 16.1 Å². The van der Waals surface area contributed by atoms with Gasteiger partial charge in [-0.15, -0.1) is 0 Å². The van der Waals surface area contributed by atoms with Crippen LogP contribution >= 0.6 is 38.9 Å². The maximum Gasteiger partial charge on any atom is 0.434 e. The van der Waals surface area contributed by atoms with Gasteiger partial charge in [-0.3, -0.25) is 9.36 Å². The largest absolute Gasteiger partial charge is 0.463 e. The number of allylic oxidation sites excluding steroid dienone is 1. The first kappa shape index (κ1) is 30.1. The molecule has 0 fully saturated rings. The van der Waals surface area contributed by atoms with Crippen molar-refractivity contribution in [3.8, 4) is 0 Å². The standard InChI is InChI=1S/C32H22BrClF3N3O3S/c1-2-43-30(42)26-27(19-9-13-22(34)14-10-19)40-29(41)25(44-31(40)38-28(26)32(35,36)37)15-20-17-39(24-6-4-3-5-23(20)24)16-18-7-11-21(33)12-8-18/h3-15,17,27H,2,16H2,1H3/b25-15-/t27-/m0/s1. The number of thiazole rings is 1. The van der Waals surface area contributed by atoms with Gasteiger partial charge < -0.3 is 9.30 Å². The molecule has 1 aliphatic heterocycles. The Morgan fingerprint density at radius 3 is 2.48 bits per heavy atom. The molecule has 0 saturated heterocycles. The van der Waals surface area contributed by atoms with E-state index in [1.165, 1.54) is 31.2 Å². The van der Waals surface area contributed by atoms with Crippen molar-refractivity contribution in [1.29, 1.82) is 0 Å². The third kappa shape index (κ3) is 5.67. The monoisotopic (exact) mass is 699 g/mol. The molecule has 0 spiro atoms. The topological polar surface area (TPSA) is 65.6 Å². The van der Waals surface area contributed by atoms with Crippen LogP contribution < -0.4 is 14.9 Å². The number of carbonyl (C=O) groups excluding carboxylic acids is 1. The van der Waals surface area contributed by atoms with Crippen LogP contribution in [0.1, 0.15) is 29.7 Å². The number of fused-ring (bicyclic) bond motifs is 2. The highest BCUT2D eigenvalue weighted by molar-refractivity contribution is 9.10. The highest BCUT2D eigenvalue weighted by Gasteiger charge is 2.45. The van der Waals surface area contributed by atoms with E-state index < -0.39 is 35.0 Å². The Bertz CT molecular complexity index is 2110. The molecule has 3 aromatic carbocycles. The van der Waals surface area contributed by atoms with Gasteiger partial charge in [0.25, 0.3) is 5.56 Å². The average Bonchev–Trinajstić information content (AvgIpc) is 3.50. The smallest absolute Gasteiger partial charge is 0.434 e. The van der Waals surface area contributed by atoms with Crippen LogP contribution in [0.25, 0.3) is 17.0 Å². The molecule has 0 saturated carbocycles. The number of aromatic nitrogens is 2. The summed E-state index contributed by atoms with van der Waals surface area (Å²) in [6, 6.07) is 20.1. The van der Waals surface area contributed by atoms with Gasteiger partial charge in [0.15, 0.2) is 10.5 Å². The number of para-hydroxylation sites is 1. The number of nitrogens with zero attached hydrogens (tertiary/aromatic N) is 3. The summed E-state index contributed by atoms with van der Waals surface area (Å²) in [5.41, 5.74) is 0.231. The summed E-state index contributed by atoms with van der Waals surface area (Å²) in [7, 11) is 0. The van der Waals surface area contributed by atoms with E-state index in [2.05, 4.69) is 25.5 Å². The highest BCUT2D eigenvalue weighted by Crippen LogP contribution is 2.38. The average molecular weight is 701 g/mol. The Balaban J connectivity index is 1.56. The fraction of sp³-hybridized carbons (Fsp3) is 0.156. The minimum atomic E-state index is -4.98. The molecule has 224 valence electrons. The predicted octanol–water partition coefficient (Wildman–Crippen LogP) is 6.76. The molecule has 2 aromatic heterocycles. The number of ether oxygens (including phenoxy) is 1. The molecule has 12 heteroatoms. The van der Waals surface area contributed by atoms with Crippen LogP contribution in [-0.4, -0.2) is 27.9 Å². The normalized spacial score (nSPS) is 15.4. The van der Waals surface area contributed by atoms with Gasteiger partial charge in [0.2, 0.25) is 0 Å². The van der Waals surface area contributed by atoms with Gasteiger partial charge in [0.1, 0.15) is 0 Å². The molecule has 44 heavy (non-hydrogen) atoms. The molecule has 0 amide bonds. The molecule has 0 N–H and O–H groups in total. The number of halogens is 5. The number of esters is 1. The van der Waals surface area contributed by atoms with Gasteiger partial charge in [-0.25, -0.2) is 9.79 Å². The van der Waals surface area contributed by atoms with Crippen molar-refractivity contribution in [2.24, 2.45) is 4.99 Å². The molecule has 0 radical (unpaired) electrons. The van der Waals surface area contributed by atoms with Crippen molar-refractivity contribution in [1.82, 2.24) is 9.13 Å². The van der Waals surface area contributed by atoms with Crippen molar-refractivity contribution >= 4 is 61.8 Å². The van der Waals surface area contributed by atoms with Gasteiger partial charge in [-0.1, -0.05) is 81.3 Å². The molecule has 6 nitrogen and oxygen atoms in total. The van der Waals surface area contributed by atoms with E-state index >= 15 is 0 Å². The fourth-order valence-corrected chi connectivity index (χ4v) is 6.63. The van der Waals surface area contributed by atoms with Gasteiger partial charge in [-0.05, 0) is 54.5 Å². The van der Waals surface area contributed by atoms with Gasteiger partial charge in [0, 0.05) is 38.7 Å². The second kappa shape index (κ2) is 11.9. The Hall–Kier alpha value is -3.93. The number of alkyl halides is 3. The number of rotatable bonds is 6. The van der Waals surface area contributed by atoms with Crippen molar-refractivity contribution in [3.05, 3.63) is 136 Å². The molecule has 0 aliphatic carbocycles. The molecular weight excluding hydrogens is 679 g/mol. The third-order valence-corrected chi connectivity index (χ3v) is 8.92. The summed E-state index contributed by atoms with van der Waals surface area (Å²) in [4.78, 5) is 30.7. The van der Waals surface area contributed by atoms with Crippen LogP contribution in [0.2, 0.25) is 5.02 Å². The van der Waals surface area contributed by atoms with E-state index in [1.54, 1.807) is 6.08 Å². The van der Waals surface area contributed by atoms with Crippen molar-refractivity contribution < 1.29 is 22.7 Å². The second-order valence-corrected chi connectivity index (χ2v) is 12.3. The molecule has 3 heterocycles. The molecule has 5 aromatic rings.